The van der Waals surface area contributed by atoms with E-state index in [0.717, 1.165) is 5.56 Å². The van der Waals surface area contributed by atoms with Crippen molar-refractivity contribution in [3.8, 4) is 11.5 Å². The summed E-state index contributed by atoms with van der Waals surface area (Å²) in [6.45, 7) is 2.71. The molecule has 6 heteroatoms. The summed E-state index contributed by atoms with van der Waals surface area (Å²) in [5.74, 6) is 1.01. The van der Waals surface area contributed by atoms with Crippen LogP contribution in [0.5, 0.6) is 11.5 Å². The van der Waals surface area contributed by atoms with Gasteiger partial charge in [0.05, 0.1) is 13.7 Å². The van der Waals surface area contributed by atoms with Crippen LogP contribution in [0.3, 0.4) is 0 Å². The van der Waals surface area contributed by atoms with E-state index in [2.05, 4.69) is 5.32 Å². The van der Waals surface area contributed by atoms with E-state index in [1.54, 1.807) is 20.3 Å². The largest absolute Gasteiger partial charge is 0.497 e. The number of ether oxygens (including phenoxy) is 3. The normalized spacial score (nSPS) is 11.8. The van der Waals surface area contributed by atoms with Gasteiger partial charge in [0.15, 0.2) is 6.61 Å². The van der Waals surface area contributed by atoms with E-state index >= 15 is 0 Å². The summed E-state index contributed by atoms with van der Waals surface area (Å²) in [4.78, 5) is 11.6. The molecule has 1 atom stereocenters. The first-order valence-corrected chi connectivity index (χ1v) is 6.40. The van der Waals surface area contributed by atoms with Crippen LogP contribution < -0.4 is 20.5 Å². The molecule has 0 saturated heterocycles. The van der Waals surface area contributed by atoms with Crippen molar-refractivity contribution in [2.45, 2.75) is 13.0 Å². The molecular formula is C14H22N2O4. The van der Waals surface area contributed by atoms with Gasteiger partial charge in [-0.3, -0.25) is 4.79 Å². The molecule has 0 spiro atoms. The van der Waals surface area contributed by atoms with Gasteiger partial charge in [-0.25, -0.2) is 0 Å². The Kier molecular flexibility index (Phi) is 6.83. The van der Waals surface area contributed by atoms with E-state index < -0.39 is 0 Å². The maximum atomic E-state index is 11.6. The van der Waals surface area contributed by atoms with Gasteiger partial charge < -0.3 is 25.3 Å². The topological polar surface area (TPSA) is 82.8 Å². The van der Waals surface area contributed by atoms with Crippen LogP contribution in [0.4, 0.5) is 0 Å². The van der Waals surface area contributed by atoms with Crippen LogP contribution in [0, 0.1) is 0 Å². The van der Waals surface area contributed by atoms with Crippen LogP contribution in [0.1, 0.15) is 18.5 Å². The van der Waals surface area contributed by atoms with E-state index in [0.29, 0.717) is 24.7 Å². The highest BCUT2D eigenvalue weighted by Crippen LogP contribution is 2.28. The zero-order chi connectivity index (χ0) is 15.0. The molecule has 1 aromatic carbocycles. The fourth-order valence-corrected chi connectivity index (χ4v) is 1.63. The first-order chi connectivity index (χ1) is 9.58. The Morgan fingerprint density at radius 1 is 1.40 bits per heavy atom. The molecule has 0 aliphatic heterocycles. The van der Waals surface area contributed by atoms with Crippen molar-refractivity contribution in [1.82, 2.24) is 5.32 Å². The maximum Gasteiger partial charge on any atom is 0.258 e. The van der Waals surface area contributed by atoms with Gasteiger partial charge in [-0.1, -0.05) is 6.07 Å². The van der Waals surface area contributed by atoms with Crippen molar-refractivity contribution >= 4 is 5.91 Å². The zero-order valence-electron chi connectivity index (χ0n) is 12.1. The monoisotopic (exact) mass is 282 g/mol. The number of benzene rings is 1. The number of amides is 1. The molecule has 1 aromatic rings. The second-order valence-corrected chi connectivity index (χ2v) is 4.32. The van der Waals surface area contributed by atoms with Gasteiger partial charge in [-0.05, 0) is 13.0 Å². The zero-order valence-corrected chi connectivity index (χ0v) is 12.1. The third-order valence-corrected chi connectivity index (χ3v) is 2.70. The molecule has 0 aliphatic rings. The molecule has 0 saturated carbocycles. The molecule has 0 radical (unpaired) electrons. The van der Waals surface area contributed by atoms with Gasteiger partial charge in [0.1, 0.15) is 11.5 Å². The minimum atomic E-state index is -0.208. The van der Waals surface area contributed by atoms with Crippen LogP contribution in [-0.2, 0) is 9.53 Å². The number of carbonyl (C=O) groups excluding carboxylic acids is 1. The molecule has 112 valence electrons. The lowest BCUT2D eigenvalue weighted by molar-refractivity contribution is -0.123. The van der Waals surface area contributed by atoms with Gasteiger partial charge in [-0.2, -0.15) is 0 Å². The first kappa shape index (κ1) is 16.3. The fraction of sp³-hybridized carbons (Fsp3) is 0.500. The van der Waals surface area contributed by atoms with Crippen LogP contribution in [-0.4, -0.2) is 39.9 Å². The Morgan fingerprint density at radius 3 is 2.75 bits per heavy atom. The number of hydrogen-bond acceptors (Lipinski definition) is 5. The molecule has 0 bridgehead atoms. The Bertz CT molecular complexity index is 435. The lowest BCUT2D eigenvalue weighted by atomic mass is 10.1. The van der Waals surface area contributed by atoms with Gasteiger partial charge in [-0.15, -0.1) is 0 Å². The summed E-state index contributed by atoms with van der Waals surface area (Å²) < 4.78 is 15.5. The summed E-state index contributed by atoms with van der Waals surface area (Å²) in [6.07, 6.45) is 0. The quantitative estimate of drug-likeness (QED) is 0.691. The van der Waals surface area contributed by atoms with E-state index in [1.807, 2.05) is 19.1 Å². The Hall–Kier alpha value is -1.79. The second kappa shape index (κ2) is 8.39. The van der Waals surface area contributed by atoms with Crippen molar-refractivity contribution < 1.29 is 19.0 Å². The minimum Gasteiger partial charge on any atom is -0.497 e. The van der Waals surface area contributed by atoms with E-state index in [4.69, 9.17) is 19.9 Å². The Labute approximate surface area is 119 Å². The number of hydrogen-bond donors (Lipinski definition) is 2. The predicted molar refractivity (Wildman–Crippen MR) is 76.0 cm³/mol. The highest BCUT2D eigenvalue weighted by atomic mass is 16.5. The molecule has 0 heterocycles. The SMILES string of the molecule is COCCNC(=O)COc1cc(OC)ccc1[C@@H](C)N. The fourth-order valence-electron chi connectivity index (χ4n) is 1.63. The molecule has 0 fully saturated rings. The molecule has 0 unspecified atom stereocenters. The molecule has 1 rings (SSSR count). The second-order valence-electron chi connectivity index (χ2n) is 4.32. The summed E-state index contributed by atoms with van der Waals surface area (Å²) in [5.41, 5.74) is 6.70. The Balaban J connectivity index is 2.63. The Morgan fingerprint density at radius 2 is 2.15 bits per heavy atom. The van der Waals surface area contributed by atoms with E-state index in [9.17, 15) is 4.79 Å². The standard InChI is InChI=1S/C14H22N2O4/c1-10(15)12-5-4-11(19-3)8-13(12)20-9-14(17)16-6-7-18-2/h4-5,8,10H,6-7,9,15H2,1-3H3,(H,16,17)/t10-/m1/s1. The molecule has 3 N–H and O–H groups in total. The van der Waals surface area contributed by atoms with Gasteiger partial charge >= 0.3 is 0 Å². The number of nitrogens with two attached hydrogens (primary N) is 1. The molecule has 6 nitrogen and oxygen atoms in total. The van der Waals surface area contributed by atoms with Gasteiger partial charge in [0, 0.05) is 31.3 Å². The van der Waals surface area contributed by atoms with Crippen LogP contribution in [0.15, 0.2) is 18.2 Å². The first-order valence-electron chi connectivity index (χ1n) is 6.40. The van der Waals surface area contributed by atoms with E-state index in [-0.39, 0.29) is 18.6 Å². The summed E-state index contributed by atoms with van der Waals surface area (Å²) in [5, 5.41) is 2.68. The smallest absolute Gasteiger partial charge is 0.258 e. The number of methoxy groups -OCH3 is 2. The molecule has 0 aliphatic carbocycles. The predicted octanol–water partition coefficient (Wildman–Crippen LogP) is 0.856. The van der Waals surface area contributed by atoms with Crippen LogP contribution in [0.25, 0.3) is 0 Å². The molecular weight excluding hydrogens is 260 g/mol. The van der Waals surface area contributed by atoms with Crippen LogP contribution in [0.2, 0.25) is 0 Å². The van der Waals surface area contributed by atoms with Crippen molar-refractivity contribution in [2.75, 3.05) is 34.0 Å². The lowest BCUT2D eigenvalue weighted by Gasteiger charge is -2.15. The number of carbonyl (C=O) groups is 1. The van der Waals surface area contributed by atoms with Crippen molar-refractivity contribution in [1.29, 1.82) is 0 Å². The highest BCUT2D eigenvalue weighted by Gasteiger charge is 2.11. The maximum absolute atomic E-state index is 11.6. The number of nitrogens with one attached hydrogen (secondary N) is 1. The van der Waals surface area contributed by atoms with Crippen molar-refractivity contribution in [3.63, 3.8) is 0 Å². The lowest BCUT2D eigenvalue weighted by Crippen LogP contribution is -2.31. The van der Waals surface area contributed by atoms with Crippen LogP contribution >= 0.6 is 0 Å². The third-order valence-electron chi connectivity index (χ3n) is 2.70. The summed E-state index contributed by atoms with van der Waals surface area (Å²) >= 11 is 0. The average Bonchev–Trinajstić information content (AvgIpc) is 2.44. The highest BCUT2D eigenvalue weighted by molar-refractivity contribution is 5.77. The third kappa shape index (κ3) is 5.07. The summed E-state index contributed by atoms with van der Waals surface area (Å²) in [7, 11) is 3.15. The molecule has 1 amide bonds. The van der Waals surface area contributed by atoms with Crippen molar-refractivity contribution in [2.24, 2.45) is 5.73 Å². The summed E-state index contributed by atoms with van der Waals surface area (Å²) in [6, 6.07) is 5.18. The molecule has 0 aromatic heterocycles. The minimum absolute atomic E-state index is 0.0728. The molecule has 20 heavy (non-hydrogen) atoms. The average molecular weight is 282 g/mol. The van der Waals surface area contributed by atoms with Gasteiger partial charge in [0.2, 0.25) is 0 Å². The van der Waals surface area contributed by atoms with Gasteiger partial charge in [0.25, 0.3) is 5.91 Å². The van der Waals surface area contributed by atoms with Crippen molar-refractivity contribution in [3.05, 3.63) is 23.8 Å². The number of rotatable bonds is 8. The van der Waals surface area contributed by atoms with E-state index in [1.165, 1.54) is 0 Å².